The van der Waals surface area contributed by atoms with Crippen LogP contribution in [0, 0.1) is 0 Å². The van der Waals surface area contributed by atoms with Crippen LogP contribution in [0.4, 0.5) is 0 Å². The zero-order valence-corrected chi connectivity index (χ0v) is 8.89. The molecule has 5 atom stereocenters. The number of Topliss-reactive ketones (excluding diaryl/α,β-unsaturated/α-hetero) is 1. The van der Waals surface area contributed by atoms with Crippen LogP contribution in [0.5, 0.6) is 0 Å². The molecule has 0 saturated carbocycles. The highest BCUT2D eigenvalue weighted by molar-refractivity contribution is 5.76. The molecule has 0 heterocycles. The summed E-state index contributed by atoms with van der Waals surface area (Å²) in [6.07, 6.45) is -8.97. The summed E-state index contributed by atoms with van der Waals surface area (Å²) >= 11 is 0. The molecular weight excluding hydrogens is 220 g/mol. The lowest BCUT2D eigenvalue weighted by atomic mass is 9.97. The van der Waals surface area contributed by atoms with E-state index >= 15 is 0 Å². The van der Waals surface area contributed by atoms with Crippen LogP contribution < -0.4 is 0 Å². The zero-order chi connectivity index (χ0) is 12.9. The van der Waals surface area contributed by atoms with Gasteiger partial charge in [0.1, 0.15) is 30.2 Å². The van der Waals surface area contributed by atoms with Gasteiger partial charge >= 0.3 is 0 Å². The lowest BCUT2D eigenvalue weighted by Gasteiger charge is -2.28. The molecule has 0 aliphatic rings. The van der Waals surface area contributed by atoms with Gasteiger partial charge in [-0.2, -0.15) is 0 Å². The van der Waals surface area contributed by atoms with Gasteiger partial charge in [-0.05, 0) is 6.92 Å². The lowest BCUT2D eigenvalue weighted by Crippen LogP contribution is -2.50. The third kappa shape index (κ3) is 4.52. The Balaban J connectivity index is 4.35. The molecule has 0 radical (unpaired) electrons. The van der Waals surface area contributed by atoms with Crippen LogP contribution in [0.1, 0.15) is 13.3 Å². The first-order chi connectivity index (χ1) is 7.31. The van der Waals surface area contributed by atoms with Crippen molar-refractivity contribution in [2.75, 3.05) is 6.61 Å². The Kier molecular flexibility index (Phi) is 6.65. The van der Waals surface area contributed by atoms with E-state index in [1.807, 2.05) is 0 Å². The van der Waals surface area contributed by atoms with E-state index in [9.17, 15) is 25.2 Å². The van der Waals surface area contributed by atoms with Crippen molar-refractivity contribution in [2.45, 2.75) is 43.9 Å². The van der Waals surface area contributed by atoms with E-state index in [0.717, 1.165) is 0 Å². The first kappa shape index (κ1) is 15.4. The molecule has 7 nitrogen and oxygen atoms in total. The standard InChI is InChI=1S/C9H18O7/c1-4(11)2-5(12)7(14)9(16)8(15)6(13)3-10/h5-10,12-16H,2-3H2,1H3/t5?,6?,7-,8+,9+/m0/s1. The number of ketones is 1. The SMILES string of the molecule is CC(=O)CC(O)[C@H](O)[C@@H](O)[C@H](O)C(O)CO. The molecule has 16 heavy (non-hydrogen) atoms. The van der Waals surface area contributed by atoms with Gasteiger partial charge in [-0.25, -0.2) is 0 Å². The minimum Gasteiger partial charge on any atom is -0.394 e. The Morgan fingerprint density at radius 2 is 1.38 bits per heavy atom. The second kappa shape index (κ2) is 6.89. The van der Waals surface area contributed by atoms with E-state index < -0.39 is 42.9 Å². The maximum atomic E-state index is 10.6. The number of hydrogen-bond donors (Lipinski definition) is 6. The van der Waals surface area contributed by atoms with Gasteiger partial charge in [0.2, 0.25) is 0 Å². The number of carbonyl (C=O) groups excluding carboxylic acids is 1. The molecule has 0 aromatic carbocycles. The number of carbonyl (C=O) groups is 1. The quantitative estimate of drug-likeness (QED) is 0.274. The van der Waals surface area contributed by atoms with Gasteiger partial charge in [0, 0.05) is 6.42 Å². The van der Waals surface area contributed by atoms with Crippen molar-refractivity contribution >= 4 is 5.78 Å². The summed E-state index contributed by atoms with van der Waals surface area (Å²) in [5.74, 6) is -0.393. The molecule has 0 fully saturated rings. The lowest BCUT2D eigenvalue weighted by molar-refractivity contribution is -0.145. The number of hydrogen-bond acceptors (Lipinski definition) is 7. The average molecular weight is 238 g/mol. The van der Waals surface area contributed by atoms with Crippen LogP contribution >= 0.6 is 0 Å². The molecule has 6 N–H and O–H groups in total. The fourth-order valence-electron chi connectivity index (χ4n) is 1.18. The Hall–Kier alpha value is -0.570. The molecule has 0 aliphatic heterocycles. The minimum absolute atomic E-state index is 0.375. The van der Waals surface area contributed by atoms with Crippen molar-refractivity contribution < 1.29 is 35.4 Å². The van der Waals surface area contributed by atoms with Crippen molar-refractivity contribution in [3.05, 3.63) is 0 Å². The van der Waals surface area contributed by atoms with E-state index in [1.165, 1.54) is 6.92 Å². The Morgan fingerprint density at radius 1 is 0.938 bits per heavy atom. The smallest absolute Gasteiger partial charge is 0.132 e. The van der Waals surface area contributed by atoms with Crippen LogP contribution in [-0.2, 0) is 4.79 Å². The predicted octanol–water partition coefficient (Wildman–Crippen LogP) is -3.24. The van der Waals surface area contributed by atoms with Gasteiger partial charge in [-0.1, -0.05) is 0 Å². The predicted molar refractivity (Wildman–Crippen MR) is 52.4 cm³/mol. The first-order valence-electron chi connectivity index (χ1n) is 4.81. The van der Waals surface area contributed by atoms with E-state index in [1.54, 1.807) is 0 Å². The summed E-state index contributed by atoms with van der Waals surface area (Å²) in [6, 6.07) is 0. The van der Waals surface area contributed by atoms with Crippen LogP contribution in [-0.4, -0.2) is 73.5 Å². The summed E-state index contributed by atoms with van der Waals surface area (Å²) in [5, 5.41) is 54.7. The Morgan fingerprint density at radius 3 is 1.75 bits per heavy atom. The fraction of sp³-hybridized carbons (Fsp3) is 0.889. The summed E-state index contributed by atoms with van der Waals surface area (Å²) < 4.78 is 0. The monoisotopic (exact) mass is 238 g/mol. The van der Waals surface area contributed by atoms with Crippen molar-refractivity contribution in [3.8, 4) is 0 Å². The molecule has 0 aromatic heterocycles. The molecule has 7 heteroatoms. The second-order valence-corrected chi connectivity index (χ2v) is 3.70. The maximum Gasteiger partial charge on any atom is 0.132 e. The highest BCUT2D eigenvalue weighted by atomic mass is 16.4. The largest absolute Gasteiger partial charge is 0.394 e. The maximum absolute atomic E-state index is 10.6. The first-order valence-corrected chi connectivity index (χ1v) is 4.81. The normalized spacial score (nSPS) is 20.9. The third-order valence-corrected chi connectivity index (χ3v) is 2.17. The minimum atomic E-state index is -1.85. The number of aliphatic hydroxyl groups excluding tert-OH is 6. The van der Waals surface area contributed by atoms with Crippen LogP contribution in [0.25, 0.3) is 0 Å². The summed E-state index contributed by atoms with van der Waals surface area (Å²) in [7, 11) is 0. The van der Waals surface area contributed by atoms with E-state index in [4.69, 9.17) is 10.2 Å². The van der Waals surface area contributed by atoms with Gasteiger partial charge in [-0.15, -0.1) is 0 Å². The molecule has 0 bridgehead atoms. The number of rotatable bonds is 7. The van der Waals surface area contributed by atoms with E-state index in [-0.39, 0.29) is 6.42 Å². The topological polar surface area (TPSA) is 138 Å². The van der Waals surface area contributed by atoms with E-state index in [0.29, 0.717) is 0 Å². The van der Waals surface area contributed by atoms with Crippen LogP contribution in [0.2, 0.25) is 0 Å². The fourth-order valence-corrected chi connectivity index (χ4v) is 1.18. The van der Waals surface area contributed by atoms with Crippen molar-refractivity contribution in [3.63, 3.8) is 0 Å². The molecule has 0 amide bonds. The van der Waals surface area contributed by atoms with Gasteiger partial charge < -0.3 is 30.6 Å². The van der Waals surface area contributed by atoms with Crippen LogP contribution in [0.15, 0.2) is 0 Å². The zero-order valence-electron chi connectivity index (χ0n) is 8.89. The van der Waals surface area contributed by atoms with E-state index in [2.05, 4.69) is 0 Å². The summed E-state index contributed by atoms with van der Waals surface area (Å²) in [6.45, 7) is 0.398. The Bertz CT molecular complexity index is 220. The summed E-state index contributed by atoms with van der Waals surface area (Å²) in [4.78, 5) is 10.6. The molecule has 0 rings (SSSR count). The van der Waals surface area contributed by atoms with Gasteiger partial charge in [0.05, 0.1) is 12.7 Å². The summed E-state index contributed by atoms with van der Waals surface area (Å²) in [5.41, 5.74) is 0. The molecule has 0 saturated heterocycles. The molecule has 0 spiro atoms. The molecular formula is C9H18O7. The second-order valence-electron chi connectivity index (χ2n) is 3.70. The van der Waals surface area contributed by atoms with Crippen molar-refractivity contribution in [1.29, 1.82) is 0 Å². The highest BCUT2D eigenvalue weighted by Gasteiger charge is 2.34. The average Bonchev–Trinajstić information content (AvgIpc) is 2.23. The van der Waals surface area contributed by atoms with Gasteiger partial charge in [-0.3, -0.25) is 4.79 Å². The molecule has 0 aliphatic carbocycles. The van der Waals surface area contributed by atoms with Crippen LogP contribution in [0.3, 0.4) is 0 Å². The Labute approximate surface area is 92.6 Å². The molecule has 0 aromatic rings. The highest BCUT2D eigenvalue weighted by Crippen LogP contribution is 2.10. The van der Waals surface area contributed by atoms with Crippen molar-refractivity contribution in [1.82, 2.24) is 0 Å². The molecule has 96 valence electrons. The van der Waals surface area contributed by atoms with Gasteiger partial charge in [0.25, 0.3) is 0 Å². The number of aliphatic hydroxyl groups is 6. The van der Waals surface area contributed by atoms with Crippen molar-refractivity contribution in [2.24, 2.45) is 0 Å². The molecule has 2 unspecified atom stereocenters. The van der Waals surface area contributed by atoms with Gasteiger partial charge in [0.15, 0.2) is 0 Å². The third-order valence-electron chi connectivity index (χ3n) is 2.17.